The van der Waals surface area contributed by atoms with E-state index in [1.807, 2.05) is 24.1 Å². The van der Waals surface area contributed by atoms with Gasteiger partial charge in [0.2, 0.25) is 0 Å². The van der Waals surface area contributed by atoms with Gasteiger partial charge < -0.3 is 5.11 Å². The highest BCUT2D eigenvalue weighted by Gasteiger charge is 2.10. The zero-order valence-electron chi connectivity index (χ0n) is 9.41. The van der Waals surface area contributed by atoms with Crippen molar-refractivity contribution in [3.63, 3.8) is 0 Å². The molecule has 0 unspecified atom stereocenters. The van der Waals surface area contributed by atoms with Gasteiger partial charge >= 0.3 is 5.97 Å². The van der Waals surface area contributed by atoms with Crippen LogP contribution in [0.2, 0.25) is 5.02 Å². The number of hydrogen-bond donors (Lipinski definition) is 1. The van der Waals surface area contributed by atoms with Crippen molar-refractivity contribution in [3.8, 4) is 0 Å². The third kappa shape index (κ3) is 4.50. The van der Waals surface area contributed by atoms with Gasteiger partial charge in [0.25, 0.3) is 0 Å². The standard InChI is InChI=1S/C12H13BrClNO2/c1-8(12(16)17)6-15(2)7-9-5-10(13)3-4-11(9)14/h3-5H,1,6-7H2,2H3,(H,16,17). The van der Waals surface area contributed by atoms with Gasteiger partial charge in [-0.25, -0.2) is 4.79 Å². The molecule has 0 aliphatic heterocycles. The number of aliphatic carboxylic acids is 1. The molecule has 1 rings (SSSR count). The van der Waals surface area contributed by atoms with Crippen LogP contribution in [0.15, 0.2) is 34.8 Å². The van der Waals surface area contributed by atoms with E-state index in [0.717, 1.165) is 10.0 Å². The summed E-state index contributed by atoms with van der Waals surface area (Å²) in [5.74, 6) is -0.975. The first-order chi connectivity index (χ1) is 7.90. The molecular weight excluding hydrogens is 305 g/mol. The Hall–Kier alpha value is -0.840. The van der Waals surface area contributed by atoms with Gasteiger partial charge in [-0.15, -0.1) is 0 Å². The first-order valence-corrected chi connectivity index (χ1v) is 6.11. The summed E-state index contributed by atoms with van der Waals surface area (Å²) < 4.78 is 0.947. The van der Waals surface area contributed by atoms with Crippen LogP contribution in [0.4, 0.5) is 0 Å². The van der Waals surface area contributed by atoms with Crippen molar-refractivity contribution in [2.75, 3.05) is 13.6 Å². The molecule has 17 heavy (non-hydrogen) atoms. The van der Waals surface area contributed by atoms with E-state index in [1.165, 1.54) is 0 Å². The van der Waals surface area contributed by atoms with Crippen LogP contribution >= 0.6 is 27.5 Å². The van der Waals surface area contributed by atoms with E-state index < -0.39 is 5.97 Å². The molecule has 0 aliphatic rings. The number of hydrogen-bond acceptors (Lipinski definition) is 2. The molecule has 0 saturated carbocycles. The molecule has 0 bridgehead atoms. The van der Waals surface area contributed by atoms with Gasteiger partial charge in [-0.1, -0.05) is 34.1 Å². The van der Waals surface area contributed by atoms with Gasteiger partial charge in [0.1, 0.15) is 0 Å². The lowest BCUT2D eigenvalue weighted by molar-refractivity contribution is -0.132. The van der Waals surface area contributed by atoms with Gasteiger partial charge in [0.15, 0.2) is 0 Å². The monoisotopic (exact) mass is 317 g/mol. The topological polar surface area (TPSA) is 40.5 Å². The van der Waals surface area contributed by atoms with Crippen LogP contribution in [0, 0.1) is 0 Å². The van der Waals surface area contributed by atoms with Crippen molar-refractivity contribution in [1.82, 2.24) is 4.90 Å². The molecule has 0 saturated heterocycles. The maximum absolute atomic E-state index is 10.6. The molecular formula is C12H13BrClNO2. The molecule has 0 fully saturated rings. The maximum Gasteiger partial charge on any atom is 0.332 e. The zero-order chi connectivity index (χ0) is 13.0. The van der Waals surface area contributed by atoms with E-state index in [1.54, 1.807) is 6.07 Å². The number of nitrogens with zero attached hydrogens (tertiary/aromatic N) is 1. The minimum absolute atomic E-state index is 0.165. The molecule has 5 heteroatoms. The average molecular weight is 319 g/mol. The van der Waals surface area contributed by atoms with Crippen molar-refractivity contribution in [2.45, 2.75) is 6.54 Å². The second-order valence-electron chi connectivity index (χ2n) is 3.82. The lowest BCUT2D eigenvalue weighted by Gasteiger charge is -2.17. The van der Waals surface area contributed by atoms with Crippen LogP contribution < -0.4 is 0 Å². The summed E-state index contributed by atoms with van der Waals surface area (Å²) in [7, 11) is 1.82. The third-order valence-electron chi connectivity index (χ3n) is 2.21. The van der Waals surface area contributed by atoms with Crippen molar-refractivity contribution >= 4 is 33.5 Å². The third-order valence-corrected chi connectivity index (χ3v) is 3.07. The predicted molar refractivity (Wildman–Crippen MR) is 72.3 cm³/mol. The minimum Gasteiger partial charge on any atom is -0.478 e. The van der Waals surface area contributed by atoms with Gasteiger partial charge in [0.05, 0.1) is 0 Å². The molecule has 0 radical (unpaired) electrons. The normalized spacial score (nSPS) is 10.6. The molecule has 1 N–H and O–H groups in total. The molecule has 1 aromatic carbocycles. The number of benzene rings is 1. The Morgan fingerprint density at radius 1 is 1.59 bits per heavy atom. The van der Waals surface area contributed by atoms with Crippen molar-refractivity contribution in [1.29, 1.82) is 0 Å². The zero-order valence-corrected chi connectivity index (χ0v) is 11.8. The van der Waals surface area contributed by atoms with Crippen LogP contribution in [-0.2, 0) is 11.3 Å². The number of carbonyl (C=O) groups is 1. The SMILES string of the molecule is C=C(CN(C)Cc1cc(Br)ccc1Cl)C(=O)O. The molecule has 0 amide bonds. The largest absolute Gasteiger partial charge is 0.478 e. The number of carboxylic acids is 1. The second-order valence-corrected chi connectivity index (χ2v) is 5.14. The molecule has 0 spiro atoms. The molecule has 0 heterocycles. The van der Waals surface area contributed by atoms with Gasteiger partial charge in [-0.2, -0.15) is 0 Å². The Balaban J connectivity index is 2.68. The lowest BCUT2D eigenvalue weighted by atomic mass is 10.2. The lowest BCUT2D eigenvalue weighted by Crippen LogP contribution is -2.23. The fourth-order valence-electron chi connectivity index (χ4n) is 1.40. The summed E-state index contributed by atoms with van der Waals surface area (Å²) in [5, 5.41) is 9.40. The molecule has 0 aliphatic carbocycles. The highest BCUT2D eigenvalue weighted by molar-refractivity contribution is 9.10. The Morgan fingerprint density at radius 3 is 2.82 bits per heavy atom. The average Bonchev–Trinajstić information content (AvgIpc) is 2.23. The Bertz CT molecular complexity index is 448. The van der Waals surface area contributed by atoms with Gasteiger partial charge in [-0.05, 0) is 30.8 Å². The Labute approximate surface area is 114 Å². The van der Waals surface area contributed by atoms with E-state index in [2.05, 4.69) is 22.5 Å². The van der Waals surface area contributed by atoms with Crippen LogP contribution in [0.3, 0.4) is 0 Å². The number of rotatable bonds is 5. The highest BCUT2D eigenvalue weighted by atomic mass is 79.9. The molecule has 0 atom stereocenters. The number of carboxylic acid groups (broad SMARTS) is 1. The van der Waals surface area contributed by atoms with E-state index >= 15 is 0 Å². The summed E-state index contributed by atoms with van der Waals surface area (Å²) >= 11 is 9.42. The number of likely N-dealkylation sites (N-methyl/N-ethyl adjacent to an activating group) is 1. The summed E-state index contributed by atoms with van der Waals surface area (Å²) in [4.78, 5) is 12.5. The van der Waals surface area contributed by atoms with E-state index in [0.29, 0.717) is 18.1 Å². The highest BCUT2D eigenvalue weighted by Crippen LogP contribution is 2.22. The quantitative estimate of drug-likeness (QED) is 0.848. The van der Waals surface area contributed by atoms with Crippen LogP contribution in [-0.4, -0.2) is 29.6 Å². The summed E-state index contributed by atoms with van der Waals surface area (Å²) in [6, 6.07) is 5.59. The van der Waals surface area contributed by atoms with Crippen molar-refractivity contribution < 1.29 is 9.90 Å². The molecule has 3 nitrogen and oxygen atoms in total. The van der Waals surface area contributed by atoms with Crippen LogP contribution in [0.25, 0.3) is 0 Å². The summed E-state index contributed by atoms with van der Waals surface area (Å²) in [5.41, 5.74) is 1.11. The Kier molecular flexibility index (Phi) is 5.18. The van der Waals surface area contributed by atoms with Gasteiger partial charge in [-0.3, -0.25) is 4.90 Å². The minimum atomic E-state index is -0.975. The van der Waals surface area contributed by atoms with Crippen molar-refractivity contribution in [2.24, 2.45) is 0 Å². The summed E-state index contributed by atoms with van der Waals surface area (Å²) in [6.07, 6.45) is 0. The fraction of sp³-hybridized carbons (Fsp3) is 0.250. The predicted octanol–water partition coefficient (Wildman–Crippen LogP) is 3.18. The Morgan fingerprint density at radius 2 is 2.24 bits per heavy atom. The van der Waals surface area contributed by atoms with Gasteiger partial charge in [0, 0.05) is 28.2 Å². The second kappa shape index (κ2) is 6.19. The van der Waals surface area contributed by atoms with E-state index in [4.69, 9.17) is 16.7 Å². The van der Waals surface area contributed by atoms with Crippen LogP contribution in [0.1, 0.15) is 5.56 Å². The van der Waals surface area contributed by atoms with E-state index in [-0.39, 0.29) is 5.57 Å². The van der Waals surface area contributed by atoms with E-state index in [9.17, 15) is 4.79 Å². The molecule has 0 aromatic heterocycles. The number of halogens is 2. The summed E-state index contributed by atoms with van der Waals surface area (Å²) in [6.45, 7) is 4.37. The smallest absolute Gasteiger partial charge is 0.332 e. The molecule has 92 valence electrons. The first kappa shape index (κ1) is 14.2. The maximum atomic E-state index is 10.6. The first-order valence-electron chi connectivity index (χ1n) is 4.93. The molecule has 1 aromatic rings. The van der Waals surface area contributed by atoms with Crippen molar-refractivity contribution in [3.05, 3.63) is 45.4 Å². The van der Waals surface area contributed by atoms with Crippen LogP contribution in [0.5, 0.6) is 0 Å². The fourth-order valence-corrected chi connectivity index (χ4v) is 1.99.